The lowest BCUT2D eigenvalue weighted by Gasteiger charge is -2.53. The number of hydrogen-bond donors (Lipinski definition) is 1. The summed E-state index contributed by atoms with van der Waals surface area (Å²) in [5.74, 6) is 4.89. The topological polar surface area (TPSA) is 29.1 Å². The highest BCUT2D eigenvalue weighted by atomic mass is 79.9. The van der Waals surface area contributed by atoms with Crippen LogP contribution in [0.4, 0.5) is 0 Å². The normalized spacial score (nSPS) is 45.2. The molecule has 2 nitrogen and oxygen atoms in total. The number of halogens is 1. The lowest BCUT2D eigenvalue weighted by molar-refractivity contribution is -0.138. The molecule has 4 bridgehead atoms. The molecule has 0 spiro atoms. The molecular formula is C16H24BrNO. The molecule has 5 saturated carbocycles. The molecule has 0 heterocycles. The monoisotopic (exact) mass is 325 g/mol. The molecular weight excluding hydrogens is 302 g/mol. The Morgan fingerprint density at radius 1 is 1.05 bits per heavy atom. The van der Waals surface area contributed by atoms with Crippen molar-refractivity contribution in [1.29, 1.82) is 0 Å². The molecule has 1 N–H and O–H groups in total. The van der Waals surface area contributed by atoms with Crippen molar-refractivity contribution in [2.75, 3.05) is 6.54 Å². The van der Waals surface area contributed by atoms with Gasteiger partial charge < -0.3 is 5.32 Å². The molecule has 3 heteroatoms. The Morgan fingerprint density at radius 3 is 2.16 bits per heavy atom. The van der Waals surface area contributed by atoms with Crippen molar-refractivity contribution in [3.05, 3.63) is 0 Å². The van der Waals surface area contributed by atoms with Crippen molar-refractivity contribution in [2.24, 2.45) is 35.5 Å². The van der Waals surface area contributed by atoms with E-state index in [4.69, 9.17) is 0 Å². The van der Waals surface area contributed by atoms with Crippen LogP contribution >= 0.6 is 15.9 Å². The van der Waals surface area contributed by atoms with Crippen LogP contribution in [0.15, 0.2) is 0 Å². The Bertz CT molecular complexity index is 351. The number of carbonyl (C=O) groups excluding carboxylic acids is 1. The van der Waals surface area contributed by atoms with Gasteiger partial charge in [0.1, 0.15) is 0 Å². The molecule has 0 radical (unpaired) electrons. The summed E-state index contributed by atoms with van der Waals surface area (Å²) >= 11 is 3.72. The van der Waals surface area contributed by atoms with Crippen molar-refractivity contribution in [1.82, 2.24) is 5.32 Å². The molecule has 1 unspecified atom stereocenters. The van der Waals surface area contributed by atoms with E-state index in [9.17, 15) is 4.79 Å². The van der Waals surface area contributed by atoms with Crippen LogP contribution in [0, 0.1) is 35.5 Å². The summed E-state index contributed by atoms with van der Waals surface area (Å²) in [4.78, 5) is 13.1. The fourth-order valence-electron chi connectivity index (χ4n) is 5.29. The Morgan fingerprint density at radius 2 is 1.63 bits per heavy atom. The SMILES string of the molecule is O=C(NCC(Br)C1CC1)C1C2CC3CC(C2)CC1C3. The first-order valence-electron chi connectivity index (χ1n) is 8.12. The lowest BCUT2D eigenvalue weighted by Crippen LogP contribution is -2.51. The minimum atomic E-state index is 0.353. The van der Waals surface area contributed by atoms with Crippen molar-refractivity contribution < 1.29 is 4.79 Å². The quantitative estimate of drug-likeness (QED) is 0.789. The maximum atomic E-state index is 12.5. The van der Waals surface area contributed by atoms with Gasteiger partial charge in [-0.15, -0.1) is 0 Å². The second kappa shape index (κ2) is 4.75. The highest BCUT2D eigenvalue weighted by Gasteiger charge is 2.50. The third kappa shape index (κ3) is 2.36. The van der Waals surface area contributed by atoms with Gasteiger partial charge in [0.05, 0.1) is 0 Å². The van der Waals surface area contributed by atoms with E-state index in [1.165, 1.54) is 44.9 Å². The maximum Gasteiger partial charge on any atom is 0.223 e. The Hall–Kier alpha value is -0.0500. The molecule has 0 saturated heterocycles. The van der Waals surface area contributed by atoms with Crippen LogP contribution in [0.25, 0.3) is 0 Å². The zero-order chi connectivity index (χ0) is 13.0. The van der Waals surface area contributed by atoms with Gasteiger partial charge in [0, 0.05) is 17.3 Å². The average molecular weight is 326 g/mol. The minimum Gasteiger partial charge on any atom is -0.355 e. The van der Waals surface area contributed by atoms with Gasteiger partial charge in [-0.2, -0.15) is 0 Å². The van der Waals surface area contributed by atoms with E-state index in [-0.39, 0.29) is 0 Å². The smallest absolute Gasteiger partial charge is 0.223 e. The van der Waals surface area contributed by atoms with Crippen LogP contribution in [0.1, 0.15) is 44.9 Å². The first-order chi connectivity index (χ1) is 9.20. The van der Waals surface area contributed by atoms with E-state index in [1.54, 1.807) is 0 Å². The molecule has 0 aromatic rings. The van der Waals surface area contributed by atoms with Gasteiger partial charge in [-0.1, -0.05) is 15.9 Å². The summed E-state index contributed by atoms with van der Waals surface area (Å²) in [6.07, 6.45) is 9.49. The Labute approximate surface area is 124 Å². The van der Waals surface area contributed by atoms with Crippen molar-refractivity contribution in [3.8, 4) is 0 Å². The zero-order valence-corrected chi connectivity index (χ0v) is 13.1. The Kier molecular flexibility index (Phi) is 3.17. The highest BCUT2D eigenvalue weighted by molar-refractivity contribution is 9.09. The second-order valence-corrected chi connectivity index (χ2v) is 8.73. The highest BCUT2D eigenvalue weighted by Crippen LogP contribution is 2.56. The van der Waals surface area contributed by atoms with Crippen molar-refractivity contribution in [2.45, 2.75) is 49.8 Å². The molecule has 19 heavy (non-hydrogen) atoms. The van der Waals surface area contributed by atoms with Crippen LogP contribution < -0.4 is 5.32 Å². The largest absolute Gasteiger partial charge is 0.355 e. The van der Waals surface area contributed by atoms with Gasteiger partial charge in [0.15, 0.2) is 0 Å². The first-order valence-corrected chi connectivity index (χ1v) is 9.04. The molecule has 0 aromatic heterocycles. The zero-order valence-electron chi connectivity index (χ0n) is 11.5. The van der Waals surface area contributed by atoms with E-state index in [2.05, 4.69) is 21.2 Å². The molecule has 1 atom stereocenters. The van der Waals surface area contributed by atoms with Crippen LogP contribution in [-0.4, -0.2) is 17.3 Å². The van der Waals surface area contributed by atoms with Crippen LogP contribution in [0.3, 0.4) is 0 Å². The van der Waals surface area contributed by atoms with Crippen LogP contribution in [0.2, 0.25) is 0 Å². The minimum absolute atomic E-state index is 0.353. The molecule has 5 rings (SSSR count). The van der Waals surface area contributed by atoms with Gasteiger partial charge in [-0.05, 0) is 74.5 Å². The number of hydrogen-bond acceptors (Lipinski definition) is 1. The molecule has 1 amide bonds. The van der Waals surface area contributed by atoms with Crippen LogP contribution in [-0.2, 0) is 4.79 Å². The van der Waals surface area contributed by atoms with Crippen LogP contribution in [0.5, 0.6) is 0 Å². The molecule has 5 aliphatic carbocycles. The molecule has 5 aliphatic rings. The van der Waals surface area contributed by atoms with Crippen molar-refractivity contribution in [3.63, 3.8) is 0 Å². The van der Waals surface area contributed by atoms with E-state index >= 15 is 0 Å². The molecule has 5 fully saturated rings. The Balaban J connectivity index is 1.37. The van der Waals surface area contributed by atoms with E-state index in [1.807, 2.05) is 0 Å². The predicted molar refractivity (Wildman–Crippen MR) is 79.0 cm³/mol. The number of amides is 1. The predicted octanol–water partition coefficient (Wildman–Crippen LogP) is 3.35. The fraction of sp³-hybridized carbons (Fsp3) is 0.938. The summed E-state index contributed by atoms with van der Waals surface area (Å²) in [6.45, 7) is 0.840. The van der Waals surface area contributed by atoms with Gasteiger partial charge in [-0.3, -0.25) is 4.79 Å². The van der Waals surface area contributed by atoms with E-state index < -0.39 is 0 Å². The average Bonchev–Trinajstić information content (AvgIpc) is 3.18. The molecule has 0 aromatic carbocycles. The van der Waals surface area contributed by atoms with Gasteiger partial charge in [0.2, 0.25) is 5.91 Å². The number of rotatable bonds is 4. The summed E-state index contributed by atoms with van der Waals surface area (Å²) in [7, 11) is 0. The number of alkyl halides is 1. The maximum absolute atomic E-state index is 12.5. The van der Waals surface area contributed by atoms with Crippen molar-refractivity contribution >= 4 is 21.8 Å². The third-order valence-electron chi connectivity index (χ3n) is 6.13. The number of nitrogens with one attached hydrogen (secondary N) is 1. The summed E-state index contributed by atoms with van der Waals surface area (Å²) in [6, 6.07) is 0. The summed E-state index contributed by atoms with van der Waals surface area (Å²) < 4.78 is 0. The van der Waals surface area contributed by atoms with E-state index in [0.717, 1.165) is 24.3 Å². The summed E-state index contributed by atoms with van der Waals surface area (Å²) in [5, 5.41) is 3.25. The van der Waals surface area contributed by atoms with Gasteiger partial charge >= 0.3 is 0 Å². The van der Waals surface area contributed by atoms with Gasteiger partial charge in [-0.25, -0.2) is 0 Å². The van der Waals surface area contributed by atoms with Gasteiger partial charge in [0.25, 0.3) is 0 Å². The molecule has 106 valence electrons. The summed E-state index contributed by atoms with van der Waals surface area (Å²) in [5.41, 5.74) is 0. The fourth-order valence-corrected chi connectivity index (χ4v) is 5.98. The standard InChI is InChI=1S/C16H24BrNO/c17-14(11-1-2-11)8-18-16(19)15-12-4-9-3-10(6-12)7-13(15)5-9/h9-15H,1-8H2,(H,18,19). The lowest BCUT2D eigenvalue weighted by atomic mass is 9.51. The first kappa shape index (κ1) is 12.7. The second-order valence-electron chi connectivity index (χ2n) is 7.56. The molecule has 0 aliphatic heterocycles. The number of carbonyl (C=O) groups is 1. The third-order valence-corrected chi connectivity index (χ3v) is 7.21. The van der Waals surface area contributed by atoms with E-state index in [0.29, 0.717) is 28.5 Å².